The maximum absolute atomic E-state index is 12.4. The molecule has 1 aliphatic rings. The van der Waals surface area contributed by atoms with E-state index in [4.69, 9.17) is 0 Å². The maximum atomic E-state index is 12.4. The summed E-state index contributed by atoms with van der Waals surface area (Å²) in [5.41, 5.74) is 1.69. The van der Waals surface area contributed by atoms with Crippen LogP contribution in [0.2, 0.25) is 0 Å². The molecule has 8 heteroatoms. The molecule has 3 heterocycles. The number of carbonyl (C=O) groups is 1. The van der Waals surface area contributed by atoms with Crippen molar-refractivity contribution >= 4 is 23.3 Å². The summed E-state index contributed by atoms with van der Waals surface area (Å²) in [5, 5.41) is 6.93. The van der Waals surface area contributed by atoms with Gasteiger partial charge < -0.3 is 10.2 Å². The maximum Gasteiger partial charge on any atom is 0.265 e. The third kappa shape index (κ3) is 3.87. The van der Waals surface area contributed by atoms with E-state index in [9.17, 15) is 4.79 Å². The number of hydrogen-bond donors (Lipinski definition) is 1. The Morgan fingerprint density at radius 3 is 2.88 bits per heavy atom. The summed E-state index contributed by atoms with van der Waals surface area (Å²) in [6, 6.07) is 2.00. The Bertz CT molecular complexity index is 710. The van der Waals surface area contributed by atoms with Gasteiger partial charge in [-0.05, 0) is 37.7 Å². The second kappa shape index (κ2) is 7.65. The van der Waals surface area contributed by atoms with Crippen molar-refractivity contribution in [3.05, 3.63) is 28.2 Å². The third-order valence-corrected chi connectivity index (χ3v) is 4.74. The Morgan fingerprint density at radius 1 is 1.33 bits per heavy atom. The highest BCUT2D eigenvalue weighted by atomic mass is 32.1. The molecule has 0 spiro atoms. The first-order valence-electron chi connectivity index (χ1n) is 8.36. The Hall–Kier alpha value is -2.09. The van der Waals surface area contributed by atoms with Crippen LogP contribution in [0.1, 0.15) is 53.1 Å². The predicted molar refractivity (Wildman–Crippen MR) is 93.3 cm³/mol. The molecule has 0 saturated carbocycles. The van der Waals surface area contributed by atoms with Crippen LogP contribution in [0.3, 0.4) is 0 Å². The van der Waals surface area contributed by atoms with E-state index < -0.39 is 0 Å². The third-order valence-electron chi connectivity index (χ3n) is 3.97. The molecule has 2 aromatic heterocycles. The van der Waals surface area contributed by atoms with Crippen LogP contribution in [0.5, 0.6) is 0 Å². The molecule has 3 rings (SSSR count). The number of anilines is 1. The standard InChI is InChI=1S/C16H22N6OS/c1-3-6-12-15(24-21-20-12)16(23)17-10-13-18-11(2)9-14(19-13)22-7-4-5-8-22/h9H,3-8,10H2,1-2H3,(H,17,23). The normalized spacial score (nSPS) is 14.2. The van der Waals surface area contributed by atoms with Crippen LogP contribution >= 0.6 is 11.5 Å². The lowest BCUT2D eigenvalue weighted by molar-refractivity contribution is 0.0952. The molecule has 0 bridgehead atoms. The quantitative estimate of drug-likeness (QED) is 0.862. The Labute approximate surface area is 145 Å². The van der Waals surface area contributed by atoms with Crippen molar-refractivity contribution in [3.63, 3.8) is 0 Å². The molecule has 0 aromatic carbocycles. The summed E-state index contributed by atoms with van der Waals surface area (Å²) in [7, 11) is 0. The number of nitrogens with one attached hydrogen (secondary N) is 1. The van der Waals surface area contributed by atoms with E-state index in [2.05, 4.69) is 36.7 Å². The van der Waals surface area contributed by atoms with Gasteiger partial charge in [-0.1, -0.05) is 17.8 Å². The van der Waals surface area contributed by atoms with Crippen LogP contribution in [0.4, 0.5) is 5.82 Å². The monoisotopic (exact) mass is 346 g/mol. The number of amides is 1. The molecular weight excluding hydrogens is 324 g/mol. The van der Waals surface area contributed by atoms with Crippen LogP contribution in [-0.4, -0.2) is 38.6 Å². The van der Waals surface area contributed by atoms with Crippen molar-refractivity contribution in [1.82, 2.24) is 24.9 Å². The minimum atomic E-state index is -0.152. The van der Waals surface area contributed by atoms with Gasteiger partial charge in [0.05, 0.1) is 12.2 Å². The zero-order valence-electron chi connectivity index (χ0n) is 14.1. The number of nitrogens with zero attached hydrogens (tertiary/aromatic N) is 5. The molecule has 1 N–H and O–H groups in total. The van der Waals surface area contributed by atoms with E-state index in [1.165, 1.54) is 12.8 Å². The molecule has 0 radical (unpaired) electrons. The van der Waals surface area contributed by atoms with E-state index in [1.54, 1.807) is 0 Å². The lowest BCUT2D eigenvalue weighted by Gasteiger charge is -2.17. The average Bonchev–Trinajstić information content (AvgIpc) is 3.24. The number of carbonyl (C=O) groups excluding carboxylic acids is 1. The van der Waals surface area contributed by atoms with E-state index >= 15 is 0 Å². The van der Waals surface area contributed by atoms with Gasteiger partial charge in [0.2, 0.25) is 0 Å². The van der Waals surface area contributed by atoms with Crippen molar-refractivity contribution in [2.75, 3.05) is 18.0 Å². The number of aryl methyl sites for hydroxylation is 2. The Morgan fingerprint density at radius 2 is 2.12 bits per heavy atom. The van der Waals surface area contributed by atoms with Crippen LogP contribution in [-0.2, 0) is 13.0 Å². The zero-order valence-corrected chi connectivity index (χ0v) is 14.9. The zero-order chi connectivity index (χ0) is 16.9. The topological polar surface area (TPSA) is 83.9 Å². The predicted octanol–water partition coefficient (Wildman–Crippen LogP) is 2.12. The minimum absolute atomic E-state index is 0.152. The highest BCUT2D eigenvalue weighted by molar-refractivity contribution is 7.08. The van der Waals surface area contributed by atoms with Crippen LogP contribution in [0.25, 0.3) is 0 Å². The smallest absolute Gasteiger partial charge is 0.265 e. The average molecular weight is 346 g/mol. The summed E-state index contributed by atoms with van der Waals surface area (Å²) in [6.07, 6.45) is 4.10. The van der Waals surface area contributed by atoms with Crippen molar-refractivity contribution in [2.45, 2.75) is 46.1 Å². The van der Waals surface area contributed by atoms with E-state index in [1.807, 2.05) is 13.0 Å². The molecule has 0 unspecified atom stereocenters. The highest BCUT2D eigenvalue weighted by Crippen LogP contribution is 2.18. The molecule has 24 heavy (non-hydrogen) atoms. The molecule has 0 atom stereocenters. The second-order valence-electron chi connectivity index (χ2n) is 5.96. The molecule has 2 aromatic rings. The second-order valence-corrected chi connectivity index (χ2v) is 6.71. The van der Waals surface area contributed by atoms with Gasteiger partial charge in [0.1, 0.15) is 16.5 Å². The van der Waals surface area contributed by atoms with Crippen molar-refractivity contribution < 1.29 is 4.79 Å². The van der Waals surface area contributed by atoms with Crippen molar-refractivity contribution in [1.29, 1.82) is 0 Å². The summed E-state index contributed by atoms with van der Waals surface area (Å²) >= 11 is 1.14. The van der Waals surface area contributed by atoms with Crippen molar-refractivity contribution in [2.24, 2.45) is 0 Å². The minimum Gasteiger partial charge on any atom is -0.357 e. The Kier molecular flexibility index (Phi) is 5.34. The Balaban J connectivity index is 1.67. The molecule has 1 aliphatic heterocycles. The fraction of sp³-hybridized carbons (Fsp3) is 0.562. The van der Waals surface area contributed by atoms with Gasteiger partial charge in [0.25, 0.3) is 5.91 Å². The van der Waals surface area contributed by atoms with Crippen LogP contribution < -0.4 is 10.2 Å². The first-order chi connectivity index (χ1) is 11.7. The van der Waals surface area contributed by atoms with E-state index in [0.717, 1.165) is 54.7 Å². The van der Waals surface area contributed by atoms with E-state index in [0.29, 0.717) is 17.2 Å². The molecule has 1 saturated heterocycles. The van der Waals surface area contributed by atoms with Gasteiger partial charge in [0.15, 0.2) is 0 Å². The van der Waals surface area contributed by atoms with Crippen molar-refractivity contribution in [3.8, 4) is 0 Å². The van der Waals surface area contributed by atoms with Gasteiger partial charge in [0, 0.05) is 24.8 Å². The number of aromatic nitrogens is 4. The fourth-order valence-corrected chi connectivity index (χ4v) is 3.44. The van der Waals surface area contributed by atoms with Gasteiger partial charge in [-0.3, -0.25) is 4.79 Å². The number of rotatable bonds is 6. The SMILES string of the molecule is CCCc1nnsc1C(=O)NCc1nc(C)cc(N2CCCC2)n1. The molecular formula is C16H22N6OS. The van der Waals surface area contributed by atoms with Crippen LogP contribution in [0, 0.1) is 6.92 Å². The van der Waals surface area contributed by atoms with E-state index in [-0.39, 0.29) is 5.91 Å². The first kappa shape index (κ1) is 16.8. The number of hydrogen-bond acceptors (Lipinski definition) is 7. The summed E-state index contributed by atoms with van der Waals surface area (Å²) in [5.74, 6) is 1.44. The highest BCUT2D eigenvalue weighted by Gasteiger charge is 2.17. The lowest BCUT2D eigenvalue weighted by Crippen LogP contribution is -2.25. The molecule has 1 amide bonds. The molecule has 0 aliphatic carbocycles. The molecule has 128 valence electrons. The van der Waals surface area contributed by atoms with Gasteiger partial charge in [-0.2, -0.15) is 0 Å². The van der Waals surface area contributed by atoms with Gasteiger partial charge in [-0.25, -0.2) is 9.97 Å². The van der Waals surface area contributed by atoms with Crippen LogP contribution in [0.15, 0.2) is 6.07 Å². The summed E-state index contributed by atoms with van der Waals surface area (Å²) in [6.45, 7) is 6.40. The fourth-order valence-electron chi connectivity index (χ4n) is 2.82. The molecule has 7 nitrogen and oxygen atoms in total. The first-order valence-corrected chi connectivity index (χ1v) is 9.13. The lowest BCUT2D eigenvalue weighted by atomic mass is 10.2. The largest absolute Gasteiger partial charge is 0.357 e. The summed E-state index contributed by atoms with van der Waals surface area (Å²) < 4.78 is 3.89. The van der Waals surface area contributed by atoms with Gasteiger partial charge in [-0.15, -0.1) is 5.10 Å². The van der Waals surface area contributed by atoms with Gasteiger partial charge >= 0.3 is 0 Å². The summed E-state index contributed by atoms with van der Waals surface area (Å²) in [4.78, 5) is 24.2. The molecule has 1 fully saturated rings.